The van der Waals surface area contributed by atoms with Crippen molar-refractivity contribution in [3.05, 3.63) is 59.2 Å². The van der Waals surface area contributed by atoms with Gasteiger partial charge in [-0.1, -0.05) is 24.3 Å². The zero-order valence-corrected chi connectivity index (χ0v) is 11.6. The molecule has 2 aromatic rings. The summed E-state index contributed by atoms with van der Waals surface area (Å²) in [6, 6.07) is 12.7. The van der Waals surface area contributed by atoms with E-state index in [1.54, 1.807) is 25.1 Å². The molecule has 0 aliphatic rings. The maximum absolute atomic E-state index is 12.1. The van der Waals surface area contributed by atoms with Crippen molar-refractivity contribution in [3.8, 4) is 5.75 Å². The van der Waals surface area contributed by atoms with Crippen molar-refractivity contribution in [1.29, 1.82) is 0 Å². The van der Waals surface area contributed by atoms with E-state index in [0.717, 1.165) is 12.1 Å². The zero-order valence-electron chi connectivity index (χ0n) is 11.6. The fourth-order valence-electron chi connectivity index (χ4n) is 1.95. The minimum absolute atomic E-state index is 0.0248. The average molecular weight is 270 g/mol. The zero-order chi connectivity index (χ0) is 14.5. The van der Waals surface area contributed by atoms with Crippen LogP contribution in [-0.4, -0.2) is 18.1 Å². The Hall–Kier alpha value is -2.33. The molecule has 2 rings (SSSR count). The summed E-state index contributed by atoms with van der Waals surface area (Å²) in [5.74, 6) is -0.288. The Morgan fingerprint density at radius 1 is 1.15 bits per heavy atom. The van der Waals surface area contributed by atoms with Crippen LogP contribution in [0.4, 0.5) is 5.69 Å². The second-order valence-electron chi connectivity index (χ2n) is 4.65. The largest absolute Gasteiger partial charge is 0.507 e. The number of para-hydroxylation sites is 1. The van der Waals surface area contributed by atoms with Crippen LogP contribution in [0.3, 0.4) is 0 Å². The first-order chi connectivity index (χ1) is 9.61. The minimum atomic E-state index is -0.312. The number of aryl methyl sites for hydroxylation is 1. The second kappa shape index (κ2) is 6.21. The van der Waals surface area contributed by atoms with Gasteiger partial charge in [-0.15, -0.1) is 0 Å². The summed E-state index contributed by atoms with van der Waals surface area (Å²) in [6.45, 7) is 2.55. The second-order valence-corrected chi connectivity index (χ2v) is 4.65. The number of nitrogens with one attached hydrogen (secondary N) is 2. The molecule has 4 nitrogen and oxygen atoms in total. The molecular formula is C16H18N2O2. The number of hydrogen-bond donors (Lipinski definition) is 3. The molecule has 0 saturated carbocycles. The quantitative estimate of drug-likeness (QED) is 0.800. The predicted octanol–water partition coefficient (Wildman–Crippen LogP) is 2.67. The number of aromatic hydroxyl groups is 1. The molecule has 3 N–H and O–H groups in total. The molecule has 0 radical (unpaired) electrons. The van der Waals surface area contributed by atoms with Crippen LogP contribution in [-0.2, 0) is 6.54 Å². The molecule has 0 spiro atoms. The van der Waals surface area contributed by atoms with Gasteiger partial charge in [0.25, 0.3) is 5.91 Å². The molecule has 104 valence electrons. The third-order valence-corrected chi connectivity index (χ3v) is 3.08. The van der Waals surface area contributed by atoms with Gasteiger partial charge in [-0.05, 0) is 43.3 Å². The third-order valence-electron chi connectivity index (χ3n) is 3.08. The van der Waals surface area contributed by atoms with Gasteiger partial charge in [0.05, 0.1) is 5.56 Å². The lowest BCUT2D eigenvalue weighted by Crippen LogP contribution is -2.12. The van der Waals surface area contributed by atoms with Crippen LogP contribution < -0.4 is 10.6 Å². The van der Waals surface area contributed by atoms with Gasteiger partial charge in [0, 0.05) is 12.2 Å². The summed E-state index contributed by atoms with van der Waals surface area (Å²) in [7, 11) is 1.89. The fraction of sp³-hybridized carbons (Fsp3) is 0.188. The maximum Gasteiger partial charge on any atom is 0.259 e. The molecule has 0 fully saturated rings. The Balaban J connectivity index is 2.13. The van der Waals surface area contributed by atoms with Gasteiger partial charge in [-0.3, -0.25) is 4.79 Å². The van der Waals surface area contributed by atoms with Crippen molar-refractivity contribution in [3.63, 3.8) is 0 Å². The van der Waals surface area contributed by atoms with Crippen LogP contribution in [0.1, 0.15) is 21.5 Å². The van der Waals surface area contributed by atoms with Crippen molar-refractivity contribution in [2.75, 3.05) is 12.4 Å². The van der Waals surface area contributed by atoms with Crippen LogP contribution >= 0.6 is 0 Å². The molecule has 0 bridgehead atoms. The normalized spacial score (nSPS) is 10.3. The highest BCUT2D eigenvalue weighted by atomic mass is 16.3. The van der Waals surface area contributed by atoms with Crippen molar-refractivity contribution in [2.24, 2.45) is 0 Å². The molecule has 1 amide bonds. The highest BCUT2D eigenvalue weighted by molar-refractivity contribution is 6.06. The molecular weight excluding hydrogens is 252 g/mol. The number of benzene rings is 2. The number of carbonyl (C=O) groups excluding carboxylic acids is 1. The number of rotatable bonds is 4. The van der Waals surface area contributed by atoms with Crippen molar-refractivity contribution < 1.29 is 9.90 Å². The van der Waals surface area contributed by atoms with E-state index in [4.69, 9.17) is 0 Å². The van der Waals surface area contributed by atoms with Gasteiger partial charge in [0.1, 0.15) is 5.75 Å². The monoisotopic (exact) mass is 270 g/mol. The number of amides is 1. The molecule has 0 aliphatic heterocycles. The van der Waals surface area contributed by atoms with Gasteiger partial charge >= 0.3 is 0 Å². The van der Waals surface area contributed by atoms with E-state index in [0.29, 0.717) is 11.3 Å². The van der Waals surface area contributed by atoms with E-state index in [2.05, 4.69) is 10.6 Å². The first kappa shape index (κ1) is 14.1. The van der Waals surface area contributed by atoms with E-state index in [1.165, 1.54) is 0 Å². The van der Waals surface area contributed by atoms with Gasteiger partial charge in [0.15, 0.2) is 0 Å². The number of anilines is 1. The third kappa shape index (κ3) is 3.16. The first-order valence-electron chi connectivity index (χ1n) is 6.45. The molecule has 0 saturated heterocycles. The lowest BCUT2D eigenvalue weighted by atomic mass is 10.1. The standard InChI is InChI=1S/C16H18N2O2/c1-11-4-3-5-14(15(11)19)16(20)18-13-8-6-12(7-9-13)10-17-2/h3-9,17,19H,10H2,1-2H3,(H,18,20). The Morgan fingerprint density at radius 2 is 1.85 bits per heavy atom. The van der Waals surface area contributed by atoms with E-state index >= 15 is 0 Å². The van der Waals surface area contributed by atoms with Crippen molar-refractivity contribution in [1.82, 2.24) is 5.32 Å². The number of phenols is 1. The molecule has 20 heavy (non-hydrogen) atoms. The minimum Gasteiger partial charge on any atom is -0.507 e. The summed E-state index contributed by atoms with van der Waals surface area (Å²) < 4.78 is 0. The molecule has 0 atom stereocenters. The fourth-order valence-corrected chi connectivity index (χ4v) is 1.95. The van der Waals surface area contributed by atoms with Gasteiger partial charge in [0.2, 0.25) is 0 Å². The lowest BCUT2D eigenvalue weighted by molar-refractivity contribution is 0.102. The van der Waals surface area contributed by atoms with Crippen LogP contribution in [0.15, 0.2) is 42.5 Å². The van der Waals surface area contributed by atoms with Gasteiger partial charge in [-0.2, -0.15) is 0 Å². The van der Waals surface area contributed by atoms with Crippen LogP contribution in [0.2, 0.25) is 0 Å². The van der Waals surface area contributed by atoms with E-state index in [9.17, 15) is 9.90 Å². The summed E-state index contributed by atoms with van der Waals surface area (Å²) in [5, 5.41) is 15.7. The van der Waals surface area contributed by atoms with E-state index in [1.807, 2.05) is 31.3 Å². The Morgan fingerprint density at radius 3 is 2.50 bits per heavy atom. The van der Waals surface area contributed by atoms with Crippen molar-refractivity contribution in [2.45, 2.75) is 13.5 Å². The van der Waals surface area contributed by atoms with Gasteiger partial charge in [-0.25, -0.2) is 0 Å². The highest BCUT2D eigenvalue weighted by Crippen LogP contribution is 2.22. The Labute approximate surface area is 118 Å². The van der Waals surface area contributed by atoms with E-state index in [-0.39, 0.29) is 17.2 Å². The predicted molar refractivity (Wildman–Crippen MR) is 80.0 cm³/mol. The molecule has 0 aromatic heterocycles. The van der Waals surface area contributed by atoms with Crippen LogP contribution in [0.25, 0.3) is 0 Å². The van der Waals surface area contributed by atoms with Crippen LogP contribution in [0.5, 0.6) is 5.75 Å². The Kier molecular flexibility index (Phi) is 4.38. The first-order valence-corrected chi connectivity index (χ1v) is 6.45. The maximum atomic E-state index is 12.1. The molecule has 4 heteroatoms. The topological polar surface area (TPSA) is 61.4 Å². The van der Waals surface area contributed by atoms with Crippen molar-refractivity contribution >= 4 is 11.6 Å². The van der Waals surface area contributed by atoms with Gasteiger partial charge < -0.3 is 15.7 Å². The summed E-state index contributed by atoms with van der Waals surface area (Å²) in [4.78, 5) is 12.1. The van der Waals surface area contributed by atoms with Crippen LogP contribution in [0, 0.1) is 6.92 Å². The molecule has 0 aliphatic carbocycles. The van der Waals surface area contributed by atoms with E-state index < -0.39 is 0 Å². The molecule has 0 heterocycles. The SMILES string of the molecule is CNCc1ccc(NC(=O)c2cccc(C)c2O)cc1. The summed E-state index contributed by atoms with van der Waals surface area (Å²) in [5.41, 5.74) is 2.81. The molecule has 0 unspecified atom stereocenters. The average Bonchev–Trinajstić information content (AvgIpc) is 2.44. The summed E-state index contributed by atoms with van der Waals surface area (Å²) in [6.07, 6.45) is 0. The molecule has 2 aromatic carbocycles. The summed E-state index contributed by atoms with van der Waals surface area (Å²) >= 11 is 0. The lowest BCUT2D eigenvalue weighted by Gasteiger charge is -2.09. The smallest absolute Gasteiger partial charge is 0.259 e. The highest BCUT2D eigenvalue weighted by Gasteiger charge is 2.12. The number of hydrogen-bond acceptors (Lipinski definition) is 3. The number of phenolic OH excluding ortho intramolecular Hbond substituents is 1. The Bertz CT molecular complexity index is 606. The number of carbonyl (C=O) groups is 1.